The van der Waals surface area contributed by atoms with Gasteiger partial charge in [-0.1, -0.05) is 17.3 Å². The molecule has 0 unspecified atom stereocenters. The summed E-state index contributed by atoms with van der Waals surface area (Å²) >= 11 is 0. The Morgan fingerprint density at radius 3 is 2.60 bits per heavy atom. The molecule has 0 spiro atoms. The van der Waals surface area contributed by atoms with Crippen LogP contribution in [0.2, 0.25) is 0 Å². The molecular weight excluding hydrogens is 318 g/mol. The standard InChI is InChI=1S/C19H25N3O3/c1-14-5-4-6-17(11-14)24-13-19(23)22-9-7-21(8-10-22)12-18-15(2)20-25-16(18)3/h4-6,11H,7-10,12-13H2,1-3H3. The van der Waals surface area contributed by atoms with Crippen LogP contribution in [0.4, 0.5) is 0 Å². The second-order valence-electron chi connectivity index (χ2n) is 6.56. The normalized spacial score (nSPS) is 15.4. The number of nitrogens with zero attached hydrogens (tertiary/aromatic N) is 3. The van der Waals surface area contributed by atoms with Crippen LogP contribution in [-0.2, 0) is 11.3 Å². The number of carbonyl (C=O) groups is 1. The maximum atomic E-state index is 12.3. The molecule has 1 aliphatic heterocycles. The largest absolute Gasteiger partial charge is 0.484 e. The lowest BCUT2D eigenvalue weighted by Gasteiger charge is -2.34. The predicted molar refractivity (Wildman–Crippen MR) is 94.5 cm³/mol. The molecule has 0 radical (unpaired) electrons. The molecule has 1 amide bonds. The van der Waals surface area contributed by atoms with Crippen molar-refractivity contribution < 1.29 is 14.1 Å². The highest BCUT2D eigenvalue weighted by atomic mass is 16.5. The third-order valence-corrected chi connectivity index (χ3v) is 4.64. The maximum Gasteiger partial charge on any atom is 0.260 e. The van der Waals surface area contributed by atoms with Crippen LogP contribution in [0.15, 0.2) is 28.8 Å². The molecule has 2 aromatic rings. The van der Waals surface area contributed by atoms with Crippen LogP contribution in [0, 0.1) is 20.8 Å². The van der Waals surface area contributed by atoms with Crippen molar-refractivity contribution in [2.24, 2.45) is 0 Å². The van der Waals surface area contributed by atoms with Crippen LogP contribution in [0.5, 0.6) is 5.75 Å². The molecule has 0 N–H and O–H groups in total. The molecule has 3 rings (SSSR count). The molecule has 6 heteroatoms. The number of carbonyl (C=O) groups excluding carboxylic acids is 1. The van der Waals surface area contributed by atoms with E-state index in [1.54, 1.807) is 0 Å². The number of aryl methyl sites for hydroxylation is 3. The van der Waals surface area contributed by atoms with Crippen LogP contribution in [0.3, 0.4) is 0 Å². The number of benzene rings is 1. The molecule has 1 aliphatic rings. The van der Waals surface area contributed by atoms with E-state index in [9.17, 15) is 4.79 Å². The summed E-state index contributed by atoms with van der Waals surface area (Å²) in [5.41, 5.74) is 3.23. The Morgan fingerprint density at radius 1 is 1.20 bits per heavy atom. The minimum atomic E-state index is 0.0403. The first-order valence-corrected chi connectivity index (χ1v) is 8.64. The summed E-state index contributed by atoms with van der Waals surface area (Å²) in [4.78, 5) is 16.6. The number of ether oxygens (including phenoxy) is 1. The van der Waals surface area contributed by atoms with Gasteiger partial charge in [-0.3, -0.25) is 9.69 Å². The van der Waals surface area contributed by atoms with Crippen LogP contribution in [0.1, 0.15) is 22.6 Å². The van der Waals surface area contributed by atoms with Crippen LogP contribution in [0.25, 0.3) is 0 Å². The zero-order valence-corrected chi connectivity index (χ0v) is 15.1. The van der Waals surface area contributed by atoms with Gasteiger partial charge >= 0.3 is 0 Å². The summed E-state index contributed by atoms with van der Waals surface area (Å²) in [6, 6.07) is 7.76. The Hall–Kier alpha value is -2.34. The Bertz CT molecular complexity index is 714. The summed E-state index contributed by atoms with van der Waals surface area (Å²) < 4.78 is 10.8. The molecule has 1 aromatic carbocycles. The van der Waals surface area contributed by atoms with E-state index in [2.05, 4.69) is 10.1 Å². The summed E-state index contributed by atoms with van der Waals surface area (Å²) in [5.74, 6) is 1.66. The second kappa shape index (κ2) is 7.70. The van der Waals surface area contributed by atoms with E-state index < -0.39 is 0 Å². The molecule has 0 aliphatic carbocycles. The number of aromatic nitrogens is 1. The Kier molecular flexibility index (Phi) is 5.38. The monoisotopic (exact) mass is 343 g/mol. The van der Waals surface area contributed by atoms with E-state index in [1.165, 1.54) is 0 Å². The third-order valence-electron chi connectivity index (χ3n) is 4.64. The summed E-state index contributed by atoms with van der Waals surface area (Å²) in [6.07, 6.45) is 0. The van der Waals surface area contributed by atoms with Gasteiger partial charge in [0.15, 0.2) is 6.61 Å². The Balaban J connectivity index is 1.46. The summed E-state index contributed by atoms with van der Waals surface area (Å²) in [7, 11) is 0. The molecule has 1 fully saturated rings. The van der Waals surface area contributed by atoms with Gasteiger partial charge in [0.2, 0.25) is 0 Å². The minimum Gasteiger partial charge on any atom is -0.484 e. The highest BCUT2D eigenvalue weighted by Gasteiger charge is 2.23. The molecule has 0 atom stereocenters. The van der Waals surface area contributed by atoms with Crippen molar-refractivity contribution in [3.8, 4) is 5.75 Å². The van der Waals surface area contributed by atoms with E-state index in [0.717, 1.165) is 61.1 Å². The van der Waals surface area contributed by atoms with E-state index >= 15 is 0 Å². The van der Waals surface area contributed by atoms with Crippen molar-refractivity contribution in [2.75, 3.05) is 32.8 Å². The zero-order chi connectivity index (χ0) is 17.8. The Labute approximate surface area is 148 Å². The topological polar surface area (TPSA) is 58.8 Å². The zero-order valence-electron chi connectivity index (χ0n) is 15.1. The second-order valence-corrected chi connectivity index (χ2v) is 6.56. The summed E-state index contributed by atoms with van der Waals surface area (Å²) in [5, 5.41) is 4.00. The van der Waals surface area contributed by atoms with Gasteiger partial charge in [-0.25, -0.2) is 0 Å². The average Bonchev–Trinajstić information content (AvgIpc) is 2.92. The fourth-order valence-corrected chi connectivity index (χ4v) is 3.05. The van der Waals surface area contributed by atoms with Crippen molar-refractivity contribution in [3.63, 3.8) is 0 Å². The highest BCUT2D eigenvalue weighted by molar-refractivity contribution is 5.77. The number of amides is 1. The smallest absolute Gasteiger partial charge is 0.260 e. The van der Waals surface area contributed by atoms with E-state index in [-0.39, 0.29) is 12.5 Å². The van der Waals surface area contributed by atoms with Gasteiger partial charge in [0.25, 0.3) is 5.91 Å². The van der Waals surface area contributed by atoms with Crippen LogP contribution in [-0.4, -0.2) is 53.6 Å². The van der Waals surface area contributed by atoms with Gasteiger partial charge in [0, 0.05) is 38.3 Å². The molecule has 1 aromatic heterocycles. The number of piperazine rings is 1. The predicted octanol–water partition coefficient (Wildman–Crippen LogP) is 2.32. The molecular formula is C19H25N3O3. The van der Waals surface area contributed by atoms with Gasteiger partial charge in [0.1, 0.15) is 11.5 Å². The first-order valence-electron chi connectivity index (χ1n) is 8.64. The van der Waals surface area contributed by atoms with Crippen LogP contribution < -0.4 is 4.74 Å². The Morgan fingerprint density at radius 2 is 1.96 bits per heavy atom. The molecule has 2 heterocycles. The molecule has 6 nitrogen and oxygen atoms in total. The fraction of sp³-hybridized carbons (Fsp3) is 0.474. The van der Waals surface area contributed by atoms with Gasteiger partial charge in [0.05, 0.1) is 5.69 Å². The molecule has 134 valence electrons. The third kappa shape index (κ3) is 4.39. The SMILES string of the molecule is Cc1cccc(OCC(=O)N2CCN(Cc3c(C)noc3C)CC2)c1. The summed E-state index contributed by atoms with van der Waals surface area (Å²) in [6.45, 7) is 9.97. The van der Waals surface area contributed by atoms with Gasteiger partial charge in [-0.05, 0) is 38.5 Å². The van der Waals surface area contributed by atoms with Gasteiger partial charge < -0.3 is 14.2 Å². The minimum absolute atomic E-state index is 0.0403. The average molecular weight is 343 g/mol. The molecule has 0 saturated carbocycles. The van der Waals surface area contributed by atoms with Crippen molar-refractivity contribution in [2.45, 2.75) is 27.3 Å². The lowest BCUT2D eigenvalue weighted by Crippen LogP contribution is -2.49. The quantitative estimate of drug-likeness (QED) is 0.834. The number of rotatable bonds is 5. The molecule has 1 saturated heterocycles. The number of hydrogen-bond donors (Lipinski definition) is 0. The molecule has 0 bridgehead atoms. The van der Waals surface area contributed by atoms with Crippen LogP contribution >= 0.6 is 0 Å². The first kappa shape index (κ1) is 17.5. The fourth-order valence-electron chi connectivity index (χ4n) is 3.05. The van der Waals surface area contributed by atoms with E-state index in [4.69, 9.17) is 9.26 Å². The maximum absolute atomic E-state index is 12.3. The van der Waals surface area contributed by atoms with Gasteiger partial charge in [-0.2, -0.15) is 0 Å². The lowest BCUT2D eigenvalue weighted by atomic mass is 10.2. The van der Waals surface area contributed by atoms with Crippen molar-refractivity contribution in [1.82, 2.24) is 15.0 Å². The van der Waals surface area contributed by atoms with E-state index in [1.807, 2.05) is 49.9 Å². The van der Waals surface area contributed by atoms with Crippen molar-refractivity contribution >= 4 is 5.91 Å². The lowest BCUT2D eigenvalue weighted by molar-refractivity contribution is -0.135. The van der Waals surface area contributed by atoms with Crippen molar-refractivity contribution in [1.29, 1.82) is 0 Å². The van der Waals surface area contributed by atoms with E-state index in [0.29, 0.717) is 0 Å². The van der Waals surface area contributed by atoms with Gasteiger partial charge in [-0.15, -0.1) is 0 Å². The van der Waals surface area contributed by atoms with Crippen molar-refractivity contribution in [3.05, 3.63) is 46.8 Å². The number of hydrogen-bond acceptors (Lipinski definition) is 5. The first-order chi connectivity index (χ1) is 12.0. The highest BCUT2D eigenvalue weighted by Crippen LogP contribution is 2.16. The molecule has 25 heavy (non-hydrogen) atoms.